The van der Waals surface area contributed by atoms with Gasteiger partial charge in [0.2, 0.25) is 5.91 Å². The first-order valence-electron chi connectivity index (χ1n) is 8.34. The van der Waals surface area contributed by atoms with Crippen molar-refractivity contribution in [1.82, 2.24) is 25.9 Å². The highest BCUT2D eigenvalue weighted by Crippen LogP contribution is 2.19. The van der Waals surface area contributed by atoms with Crippen molar-refractivity contribution in [3.05, 3.63) is 47.3 Å². The van der Waals surface area contributed by atoms with Gasteiger partial charge in [0.05, 0.1) is 11.4 Å². The minimum atomic E-state index is -0.112. The molecule has 0 fully saturated rings. The van der Waals surface area contributed by atoms with Crippen molar-refractivity contribution in [2.45, 2.75) is 46.6 Å². The zero-order valence-corrected chi connectivity index (χ0v) is 15.9. The Kier molecular flexibility index (Phi) is 6.52. The number of amides is 1. The number of rotatable bonds is 5. The van der Waals surface area contributed by atoms with Crippen LogP contribution in [0.2, 0.25) is 0 Å². The van der Waals surface area contributed by atoms with Crippen LogP contribution < -0.4 is 16.2 Å². The standard InChI is InChI=1S/C18H25N5OS/c1-12(2)19-18(25)21-20-17(24)11-10-16-13(3)22-23(14(16)4)15-8-6-5-7-9-15/h5-9,12H,10-11H2,1-4H3,(H,20,24)(H2,19,21,25). The first kappa shape index (κ1) is 18.9. The van der Waals surface area contributed by atoms with Crippen molar-refractivity contribution in [3.8, 4) is 5.69 Å². The molecule has 0 aliphatic heterocycles. The summed E-state index contributed by atoms with van der Waals surface area (Å²) in [7, 11) is 0. The average molecular weight is 359 g/mol. The Morgan fingerprint density at radius 2 is 1.88 bits per heavy atom. The zero-order valence-electron chi connectivity index (χ0n) is 15.1. The van der Waals surface area contributed by atoms with Crippen LogP contribution in [0.5, 0.6) is 0 Å². The molecule has 2 aromatic rings. The molecule has 0 bridgehead atoms. The lowest BCUT2D eigenvalue weighted by atomic mass is 10.1. The third-order valence-electron chi connectivity index (χ3n) is 3.78. The molecule has 3 N–H and O–H groups in total. The maximum Gasteiger partial charge on any atom is 0.238 e. The van der Waals surface area contributed by atoms with Gasteiger partial charge in [0.1, 0.15) is 0 Å². The number of aryl methyl sites for hydroxylation is 1. The number of benzene rings is 1. The third-order valence-corrected chi connectivity index (χ3v) is 4.00. The van der Waals surface area contributed by atoms with Gasteiger partial charge in [0, 0.05) is 18.2 Å². The molecule has 134 valence electrons. The molecule has 0 saturated carbocycles. The summed E-state index contributed by atoms with van der Waals surface area (Å²) in [5.41, 5.74) is 9.44. The Hall–Kier alpha value is -2.41. The highest BCUT2D eigenvalue weighted by atomic mass is 32.1. The number of para-hydroxylation sites is 1. The lowest BCUT2D eigenvalue weighted by Gasteiger charge is -2.13. The van der Waals surface area contributed by atoms with E-state index in [0.717, 1.165) is 22.6 Å². The summed E-state index contributed by atoms with van der Waals surface area (Å²) in [6.45, 7) is 7.96. The number of thiocarbonyl (C=S) groups is 1. The van der Waals surface area contributed by atoms with E-state index in [2.05, 4.69) is 21.3 Å². The van der Waals surface area contributed by atoms with E-state index in [1.807, 2.05) is 62.7 Å². The highest BCUT2D eigenvalue weighted by molar-refractivity contribution is 7.80. The van der Waals surface area contributed by atoms with Gasteiger partial charge in [-0.1, -0.05) is 18.2 Å². The predicted octanol–water partition coefficient (Wildman–Crippen LogP) is 2.33. The molecule has 7 heteroatoms. The molecule has 0 radical (unpaired) electrons. The van der Waals surface area contributed by atoms with E-state index in [4.69, 9.17) is 12.2 Å². The van der Waals surface area contributed by atoms with Crippen LogP contribution in [-0.4, -0.2) is 26.8 Å². The topological polar surface area (TPSA) is 71.0 Å². The van der Waals surface area contributed by atoms with Gasteiger partial charge in [-0.05, 0) is 64.0 Å². The van der Waals surface area contributed by atoms with Crippen LogP contribution in [0.15, 0.2) is 30.3 Å². The number of hydrogen-bond donors (Lipinski definition) is 3. The quantitative estimate of drug-likeness (QED) is 0.565. The predicted molar refractivity (Wildman–Crippen MR) is 104 cm³/mol. The molecule has 0 unspecified atom stereocenters. The average Bonchev–Trinajstić information content (AvgIpc) is 2.85. The fraction of sp³-hybridized carbons (Fsp3) is 0.389. The van der Waals surface area contributed by atoms with E-state index in [-0.39, 0.29) is 11.9 Å². The highest BCUT2D eigenvalue weighted by Gasteiger charge is 2.14. The van der Waals surface area contributed by atoms with E-state index in [0.29, 0.717) is 18.0 Å². The molecule has 1 aromatic heterocycles. The molecule has 0 atom stereocenters. The van der Waals surface area contributed by atoms with Crippen LogP contribution in [0.3, 0.4) is 0 Å². The van der Waals surface area contributed by atoms with Crippen molar-refractivity contribution in [2.75, 3.05) is 0 Å². The van der Waals surface area contributed by atoms with Crippen LogP contribution in [0.4, 0.5) is 0 Å². The molecule has 1 heterocycles. The number of carbonyl (C=O) groups is 1. The minimum Gasteiger partial charge on any atom is -0.359 e. The van der Waals surface area contributed by atoms with E-state index in [9.17, 15) is 4.79 Å². The first-order chi connectivity index (χ1) is 11.9. The Labute approximate surface area is 154 Å². The molecule has 6 nitrogen and oxygen atoms in total. The van der Waals surface area contributed by atoms with E-state index in [1.165, 1.54) is 0 Å². The number of nitrogens with one attached hydrogen (secondary N) is 3. The Morgan fingerprint density at radius 1 is 1.20 bits per heavy atom. The number of aromatic nitrogens is 2. The SMILES string of the molecule is Cc1nn(-c2ccccc2)c(C)c1CCC(=O)NNC(=S)NC(C)C. The molecule has 0 spiro atoms. The molecule has 0 saturated heterocycles. The molecular weight excluding hydrogens is 334 g/mol. The summed E-state index contributed by atoms with van der Waals surface area (Å²) in [6.07, 6.45) is 0.988. The van der Waals surface area contributed by atoms with Crippen molar-refractivity contribution in [1.29, 1.82) is 0 Å². The number of hydrazine groups is 1. The van der Waals surface area contributed by atoms with Gasteiger partial charge in [-0.2, -0.15) is 5.10 Å². The van der Waals surface area contributed by atoms with Gasteiger partial charge in [0.15, 0.2) is 5.11 Å². The summed E-state index contributed by atoms with van der Waals surface area (Å²) in [5.74, 6) is -0.112. The van der Waals surface area contributed by atoms with E-state index in [1.54, 1.807) is 0 Å². The van der Waals surface area contributed by atoms with Gasteiger partial charge in [-0.15, -0.1) is 0 Å². The zero-order chi connectivity index (χ0) is 18.4. The number of nitrogens with zero attached hydrogens (tertiary/aromatic N) is 2. The lowest BCUT2D eigenvalue weighted by molar-refractivity contribution is -0.121. The van der Waals surface area contributed by atoms with Crippen molar-refractivity contribution >= 4 is 23.2 Å². The smallest absolute Gasteiger partial charge is 0.238 e. The maximum atomic E-state index is 12.0. The molecule has 1 aromatic carbocycles. The van der Waals surface area contributed by atoms with Gasteiger partial charge in [0.25, 0.3) is 0 Å². The lowest BCUT2D eigenvalue weighted by Crippen LogP contribution is -2.48. The Bertz CT molecular complexity index is 739. The second kappa shape index (κ2) is 8.62. The van der Waals surface area contributed by atoms with Gasteiger partial charge >= 0.3 is 0 Å². The molecule has 0 aliphatic carbocycles. The van der Waals surface area contributed by atoms with Crippen LogP contribution in [0.25, 0.3) is 5.69 Å². The molecule has 0 aliphatic rings. The molecular formula is C18H25N5OS. The number of hydrogen-bond acceptors (Lipinski definition) is 3. The van der Waals surface area contributed by atoms with Crippen LogP contribution in [-0.2, 0) is 11.2 Å². The fourth-order valence-corrected chi connectivity index (χ4v) is 2.87. The fourth-order valence-electron chi connectivity index (χ4n) is 2.58. The van der Waals surface area contributed by atoms with Crippen molar-refractivity contribution < 1.29 is 4.79 Å². The maximum absolute atomic E-state index is 12.0. The van der Waals surface area contributed by atoms with Crippen LogP contribution >= 0.6 is 12.2 Å². The summed E-state index contributed by atoms with van der Waals surface area (Å²) < 4.78 is 1.92. The van der Waals surface area contributed by atoms with Gasteiger partial charge < -0.3 is 5.32 Å². The normalized spacial score (nSPS) is 10.6. The first-order valence-corrected chi connectivity index (χ1v) is 8.75. The Morgan fingerprint density at radius 3 is 2.52 bits per heavy atom. The van der Waals surface area contributed by atoms with Crippen molar-refractivity contribution in [2.24, 2.45) is 0 Å². The van der Waals surface area contributed by atoms with Crippen molar-refractivity contribution in [3.63, 3.8) is 0 Å². The summed E-state index contributed by atoms with van der Waals surface area (Å²) in [6, 6.07) is 10.2. The van der Waals surface area contributed by atoms with Crippen LogP contribution in [0.1, 0.15) is 37.2 Å². The summed E-state index contributed by atoms with van der Waals surface area (Å²) >= 11 is 5.08. The van der Waals surface area contributed by atoms with Gasteiger partial charge in [-0.3, -0.25) is 15.6 Å². The third kappa shape index (κ3) is 5.29. The Balaban J connectivity index is 1.94. The second-order valence-corrected chi connectivity index (χ2v) is 6.61. The molecule has 25 heavy (non-hydrogen) atoms. The minimum absolute atomic E-state index is 0.112. The number of carbonyl (C=O) groups excluding carboxylic acids is 1. The van der Waals surface area contributed by atoms with Crippen LogP contribution in [0, 0.1) is 13.8 Å². The monoisotopic (exact) mass is 359 g/mol. The molecule has 2 rings (SSSR count). The largest absolute Gasteiger partial charge is 0.359 e. The summed E-state index contributed by atoms with van der Waals surface area (Å²) in [4.78, 5) is 12.0. The van der Waals surface area contributed by atoms with E-state index < -0.39 is 0 Å². The molecule has 1 amide bonds. The van der Waals surface area contributed by atoms with Gasteiger partial charge in [-0.25, -0.2) is 4.68 Å². The van der Waals surface area contributed by atoms with E-state index >= 15 is 0 Å². The summed E-state index contributed by atoms with van der Waals surface area (Å²) in [5, 5.41) is 8.02. The second-order valence-electron chi connectivity index (χ2n) is 6.20.